The molecule has 1 unspecified atom stereocenters. The Morgan fingerprint density at radius 1 is 1.40 bits per heavy atom. The van der Waals surface area contributed by atoms with Gasteiger partial charge >= 0.3 is 0 Å². The molecule has 0 saturated carbocycles. The van der Waals surface area contributed by atoms with Gasteiger partial charge in [-0.15, -0.1) is 0 Å². The van der Waals surface area contributed by atoms with Crippen LogP contribution in [0.4, 0.5) is 0 Å². The fourth-order valence-electron chi connectivity index (χ4n) is 1.31. The summed E-state index contributed by atoms with van der Waals surface area (Å²) >= 11 is 0. The third kappa shape index (κ3) is 9.92. The van der Waals surface area contributed by atoms with Gasteiger partial charge in [-0.25, -0.2) is 0 Å². The van der Waals surface area contributed by atoms with E-state index in [-0.39, 0.29) is 5.92 Å². The average Bonchev–Trinajstić information content (AvgIpc) is 2.15. The fourth-order valence-corrected chi connectivity index (χ4v) is 1.31. The molecule has 0 amide bonds. The SMILES string of the molecule is [CH]C(CC)COCCN=C(C)CC(C)C. The lowest BCUT2D eigenvalue weighted by molar-refractivity contribution is 0.117. The van der Waals surface area contributed by atoms with Gasteiger partial charge in [-0.2, -0.15) is 0 Å². The molecule has 2 radical (unpaired) electrons. The summed E-state index contributed by atoms with van der Waals surface area (Å²) in [6, 6.07) is 0. The molecule has 88 valence electrons. The molecule has 0 N–H and O–H groups in total. The molecule has 0 aliphatic carbocycles. The van der Waals surface area contributed by atoms with Crippen molar-refractivity contribution in [2.75, 3.05) is 19.8 Å². The van der Waals surface area contributed by atoms with Crippen molar-refractivity contribution in [1.29, 1.82) is 0 Å². The number of rotatable bonds is 8. The van der Waals surface area contributed by atoms with Gasteiger partial charge < -0.3 is 4.74 Å². The van der Waals surface area contributed by atoms with Gasteiger partial charge in [0.15, 0.2) is 0 Å². The molecule has 2 heteroatoms. The summed E-state index contributed by atoms with van der Waals surface area (Å²) in [6.07, 6.45) is 2.05. The Morgan fingerprint density at radius 3 is 2.60 bits per heavy atom. The van der Waals surface area contributed by atoms with Gasteiger partial charge in [-0.1, -0.05) is 27.2 Å². The highest BCUT2D eigenvalue weighted by Gasteiger charge is 1.99. The zero-order valence-corrected chi connectivity index (χ0v) is 10.6. The first kappa shape index (κ1) is 14.6. The van der Waals surface area contributed by atoms with Crippen LogP contribution in [0.1, 0.15) is 40.5 Å². The van der Waals surface area contributed by atoms with Crippen LogP contribution in [-0.2, 0) is 4.74 Å². The Balaban J connectivity index is 3.44. The Hall–Kier alpha value is -0.370. The normalized spacial score (nSPS) is 14.7. The van der Waals surface area contributed by atoms with Crippen LogP contribution in [0.2, 0.25) is 0 Å². The molecule has 0 rings (SSSR count). The predicted molar refractivity (Wildman–Crippen MR) is 66.3 cm³/mol. The molecule has 0 aliphatic heterocycles. The highest BCUT2D eigenvalue weighted by molar-refractivity contribution is 5.82. The molecule has 2 nitrogen and oxygen atoms in total. The molecule has 0 aromatic rings. The average molecular weight is 211 g/mol. The van der Waals surface area contributed by atoms with Crippen molar-refractivity contribution in [1.82, 2.24) is 0 Å². The van der Waals surface area contributed by atoms with Crippen molar-refractivity contribution >= 4 is 5.71 Å². The highest BCUT2D eigenvalue weighted by Crippen LogP contribution is 2.02. The summed E-state index contributed by atoms with van der Waals surface area (Å²) in [4.78, 5) is 4.44. The zero-order chi connectivity index (χ0) is 11.7. The number of hydrogen-bond acceptors (Lipinski definition) is 2. The van der Waals surface area contributed by atoms with Crippen LogP contribution in [0, 0.1) is 18.8 Å². The first-order chi connectivity index (χ1) is 7.06. The van der Waals surface area contributed by atoms with E-state index < -0.39 is 0 Å². The van der Waals surface area contributed by atoms with E-state index in [1.165, 1.54) is 5.71 Å². The standard InChI is InChI=1S/C13H25NO/c1-6-12(4)10-15-8-7-14-13(5)9-11(2)3/h4,11-12H,6-10H2,1-3,5H3. The van der Waals surface area contributed by atoms with Gasteiger partial charge in [-0.3, -0.25) is 4.99 Å². The van der Waals surface area contributed by atoms with E-state index in [0.717, 1.165) is 19.4 Å². The number of hydrogen-bond donors (Lipinski definition) is 0. The third-order valence-electron chi connectivity index (χ3n) is 2.18. The van der Waals surface area contributed by atoms with Crippen molar-refractivity contribution in [2.24, 2.45) is 16.8 Å². The predicted octanol–water partition coefficient (Wildman–Crippen LogP) is 3.25. The molecule has 0 bridgehead atoms. The molecular weight excluding hydrogens is 186 g/mol. The summed E-state index contributed by atoms with van der Waals surface area (Å²) in [6.45, 7) is 16.4. The van der Waals surface area contributed by atoms with Gasteiger partial charge in [-0.05, 0) is 32.1 Å². The number of ether oxygens (including phenoxy) is 1. The molecule has 1 atom stereocenters. The van der Waals surface area contributed by atoms with Crippen molar-refractivity contribution < 1.29 is 4.74 Å². The molecule has 0 aliphatic rings. The maximum Gasteiger partial charge on any atom is 0.0661 e. The van der Waals surface area contributed by atoms with Crippen molar-refractivity contribution in [3.63, 3.8) is 0 Å². The van der Waals surface area contributed by atoms with Gasteiger partial charge in [0.2, 0.25) is 0 Å². The highest BCUT2D eigenvalue weighted by atomic mass is 16.5. The second kappa shape index (κ2) is 8.90. The first-order valence-corrected chi connectivity index (χ1v) is 5.89. The quantitative estimate of drug-likeness (QED) is 0.446. The van der Waals surface area contributed by atoms with E-state index in [0.29, 0.717) is 19.1 Å². The van der Waals surface area contributed by atoms with Crippen LogP contribution in [-0.4, -0.2) is 25.5 Å². The maximum absolute atomic E-state index is 5.72. The van der Waals surface area contributed by atoms with Crippen molar-refractivity contribution in [3.05, 3.63) is 6.92 Å². The van der Waals surface area contributed by atoms with Gasteiger partial charge in [0, 0.05) is 12.3 Å². The minimum absolute atomic E-state index is 0.172. The summed E-state index contributed by atoms with van der Waals surface area (Å²) in [5.41, 5.74) is 1.22. The molecule has 0 aromatic heterocycles. The molecule has 15 heavy (non-hydrogen) atoms. The second-order valence-corrected chi connectivity index (χ2v) is 4.46. The molecule has 0 heterocycles. The van der Waals surface area contributed by atoms with Crippen LogP contribution in [0.3, 0.4) is 0 Å². The van der Waals surface area contributed by atoms with E-state index in [1.54, 1.807) is 0 Å². The van der Waals surface area contributed by atoms with Gasteiger partial charge in [0.1, 0.15) is 0 Å². The van der Waals surface area contributed by atoms with Crippen LogP contribution in [0.5, 0.6) is 0 Å². The Bertz CT molecular complexity index is 175. The number of aliphatic imine (C=N–C) groups is 1. The van der Waals surface area contributed by atoms with Crippen molar-refractivity contribution in [2.45, 2.75) is 40.5 Å². The summed E-state index contributed by atoms with van der Waals surface area (Å²) in [7, 11) is 0. The lowest BCUT2D eigenvalue weighted by atomic mass is 10.1. The summed E-state index contributed by atoms with van der Waals surface area (Å²) < 4.78 is 5.41. The molecule has 0 aromatic carbocycles. The Morgan fingerprint density at radius 2 is 2.07 bits per heavy atom. The van der Waals surface area contributed by atoms with Crippen LogP contribution in [0.15, 0.2) is 4.99 Å². The Kier molecular flexibility index (Phi) is 8.68. The largest absolute Gasteiger partial charge is 0.379 e. The lowest BCUT2D eigenvalue weighted by Gasteiger charge is -2.08. The third-order valence-corrected chi connectivity index (χ3v) is 2.18. The van der Waals surface area contributed by atoms with Crippen LogP contribution in [0.25, 0.3) is 0 Å². The Labute approximate surface area is 95.1 Å². The molecule has 0 fully saturated rings. The van der Waals surface area contributed by atoms with Crippen LogP contribution >= 0.6 is 0 Å². The first-order valence-electron chi connectivity index (χ1n) is 5.89. The van der Waals surface area contributed by atoms with Crippen LogP contribution < -0.4 is 0 Å². The van der Waals surface area contributed by atoms with Gasteiger partial charge in [0.25, 0.3) is 0 Å². The minimum Gasteiger partial charge on any atom is -0.379 e. The molecule has 0 spiro atoms. The smallest absolute Gasteiger partial charge is 0.0661 e. The van der Waals surface area contributed by atoms with E-state index in [2.05, 4.69) is 32.7 Å². The van der Waals surface area contributed by atoms with E-state index in [1.807, 2.05) is 0 Å². The van der Waals surface area contributed by atoms with Crippen molar-refractivity contribution in [3.8, 4) is 0 Å². The topological polar surface area (TPSA) is 21.6 Å². The zero-order valence-electron chi connectivity index (χ0n) is 10.6. The summed E-state index contributed by atoms with van der Waals surface area (Å²) in [5, 5.41) is 0. The number of nitrogens with zero attached hydrogens (tertiary/aromatic N) is 1. The molecular formula is C13H25NO. The van der Waals surface area contributed by atoms with E-state index in [4.69, 9.17) is 11.7 Å². The summed E-state index contributed by atoms with van der Waals surface area (Å²) in [5.74, 6) is 0.855. The van der Waals surface area contributed by atoms with E-state index >= 15 is 0 Å². The second-order valence-electron chi connectivity index (χ2n) is 4.46. The lowest BCUT2D eigenvalue weighted by Crippen LogP contribution is -2.08. The maximum atomic E-state index is 5.72. The molecule has 0 saturated heterocycles. The van der Waals surface area contributed by atoms with Gasteiger partial charge in [0.05, 0.1) is 13.2 Å². The minimum atomic E-state index is 0.172. The van der Waals surface area contributed by atoms with E-state index in [9.17, 15) is 0 Å². The monoisotopic (exact) mass is 211 g/mol. The fraction of sp³-hybridized carbons (Fsp3) is 0.846.